The smallest absolute Gasteiger partial charge is 0.264 e. The van der Waals surface area contributed by atoms with Crippen molar-refractivity contribution in [3.63, 3.8) is 0 Å². The largest absolute Gasteiger partial charge is 0.306 e. The molecular formula is C15H11IN4O. The highest BCUT2D eigenvalue weighted by Gasteiger charge is 2.29. The molecule has 21 heavy (non-hydrogen) atoms. The topological polar surface area (TPSA) is 71.5 Å². The highest BCUT2D eigenvalue weighted by atomic mass is 127. The Bertz CT molecular complexity index is 902. The molecule has 104 valence electrons. The van der Waals surface area contributed by atoms with E-state index in [0.717, 1.165) is 35.1 Å². The van der Waals surface area contributed by atoms with Gasteiger partial charge in [0.25, 0.3) is 5.56 Å². The summed E-state index contributed by atoms with van der Waals surface area (Å²) in [6, 6.07) is 5.72. The van der Waals surface area contributed by atoms with Crippen molar-refractivity contribution in [2.45, 2.75) is 18.8 Å². The van der Waals surface area contributed by atoms with Gasteiger partial charge in [0.2, 0.25) is 0 Å². The van der Waals surface area contributed by atoms with Crippen LogP contribution in [0.25, 0.3) is 22.4 Å². The van der Waals surface area contributed by atoms with E-state index >= 15 is 0 Å². The van der Waals surface area contributed by atoms with Crippen LogP contribution < -0.4 is 5.56 Å². The number of halogens is 1. The third kappa shape index (κ3) is 2.33. The maximum Gasteiger partial charge on any atom is 0.264 e. The lowest BCUT2D eigenvalue weighted by Crippen LogP contribution is -2.16. The number of aromatic nitrogens is 4. The number of fused-ring (bicyclic) bond motifs is 1. The summed E-state index contributed by atoms with van der Waals surface area (Å²) in [5, 5.41) is 0. The summed E-state index contributed by atoms with van der Waals surface area (Å²) < 4.78 is 0.708. The zero-order chi connectivity index (χ0) is 14.4. The van der Waals surface area contributed by atoms with Crippen LogP contribution in [-0.4, -0.2) is 19.9 Å². The summed E-state index contributed by atoms with van der Waals surface area (Å²) in [5.41, 5.74) is 3.34. The summed E-state index contributed by atoms with van der Waals surface area (Å²) in [4.78, 5) is 28.2. The van der Waals surface area contributed by atoms with Gasteiger partial charge in [-0.15, -0.1) is 0 Å². The molecule has 0 aliphatic heterocycles. The lowest BCUT2D eigenvalue weighted by atomic mass is 10.1. The Balaban J connectivity index is 1.89. The molecule has 2 heterocycles. The van der Waals surface area contributed by atoms with Crippen molar-refractivity contribution in [1.82, 2.24) is 19.9 Å². The van der Waals surface area contributed by atoms with E-state index in [0.29, 0.717) is 15.3 Å². The summed E-state index contributed by atoms with van der Waals surface area (Å²) in [6.07, 6.45) is 5.56. The van der Waals surface area contributed by atoms with Crippen molar-refractivity contribution in [2.75, 3.05) is 0 Å². The fourth-order valence-corrected chi connectivity index (χ4v) is 3.05. The Morgan fingerprint density at radius 2 is 1.90 bits per heavy atom. The molecule has 0 bridgehead atoms. The Morgan fingerprint density at radius 1 is 1.14 bits per heavy atom. The van der Waals surface area contributed by atoms with Gasteiger partial charge in [-0.1, -0.05) is 0 Å². The Morgan fingerprint density at radius 3 is 2.67 bits per heavy atom. The highest BCUT2D eigenvalue weighted by Crippen LogP contribution is 2.40. The first-order valence-corrected chi connectivity index (χ1v) is 7.81. The van der Waals surface area contributed by atoms with Crippen LogP contribution in [0.5, 0.6) is 0 Å². The highest BCUT2D eigenvalue weighted by molar-refractivity contribution is 14.1. The van der Waals surface area contributed by atoms with E-state index in [4.69, 9.17) is 0 Å². The van der Waals surface area contributed by atoms with E-state index in [1.807, 2.05) is 18.2 Å². The fraction of sp³-hybridized carbons (Fsp3) is 0.200. The van der Waals surface area contributed by atoms with Crippen LogP contribution in [0.2, 0.25) is 0 Å². The van der Waals surface area contributed by atoms with Gasteiger partial charge in [0.15, 0.2) is 0 Å². The predicted octanol–water partition coefficient (Wildman–Crippen LogP) is 2.86. The molecule has 1 N–H and O–H groups in total. The molecule has 1 saturated carbocycles. The zero-order valence-corrected chi connectivity index (χ0v) is 13.2. The normalized spacial score (nSPS) is 14.5. The van der Waals surface area contributed by atoms with Gasteiger partial charge in [-0.05, 0) is 53.6 Å². The molecule has 0 radical (unpaired) electrons. The van der Waals surface area contributed by atoms with E-state index in [1.54, 1.807) is 12.4 Å². The van der Waals surface area contributed by atoms with Crippen molar-refractivity contribution >= 4 is 33.6 Å². The Kier molecular flexibility index (Phi) is 2.99. The molecule has 1 aliphatic carbocycles. The standard InChI is InChI=1S/C15H11IN4O/c16-12-13(8-1-2-8)19-14(20-15(12)21)9-3-4-10-11(7-9)18-6-5-17-10/h3-8H,1-2H2,(H,19,20,21). The van der Waals surface area contributed by atoms with Gasteiger partial charge < -0.3 is 4.98 Å². The van der Waals surface area contributed by atoms with Crippen LogP contribution in [0.3, 0.4) is 0 Å². The zero-order valence-electron chi connectivity index (χ0n) is 11.0. The molecule has 0 amide bonds. The fourth-order valence-electron chi connectivity index (χ4n) is 2.35. The van der Waals surface area contributed by atoms with E-state index in [2.05, 4.69) is 42.5 Å². The van der Waals surface area contributed by atoms with Gasteiger partial charge in [0.05, 0.1) is 20.3 Å². The molecule has 1 fully saturated rings. The second-order valence-corrected chi connectivity index (χ2v) is 6.23. The van der Waals surface area contributed by atoms with Gasteiger partial charge in [0.1, 0.15) is 5.82 Å². The number of hydrogen-bond donors (Lipinski definition) is 1. The minimum atomic E-state index is -0.0678. The number of nitrogens with zero attached hydrogens (tertiary/aromatic N) is 3. The molecule has 0 spiro atoms. The Hall–Kier alpha value is -1.83. The number of hydrogen-bond acceptors (Lipinski definition) is 4. The molecule has 5 nitrogen and oxygen atoms in total. The molecule has 0 atom stereocenters. The average molecular weight is 390 g/mol. The van der Waals surface area contributed by atoms with Crippen molar-refractivity contribution in [3.8, 4) is 11.4 Å². The molecule has 6 heteroatoms. The van der Waals surface area contributed by atoms with Crippen molar-refractivity contribution in [1.29, 1.82) is 0 Å². The molecule has 2 aromatic heterocycles. The number of benzene rings is 1. The maximum absolute atomic E-state index is 12.1. The number of rotatable bonds is 2. The predicted molar refractivity (Wildman–Crippen MR) is 88.1 cm³/mol. The number of nitrogens with one attached hydrogen (secondary N) is 1. The summed E-state index contributed by atoms with van der Waals surface area (Å²) in [7, 11) is 0. The van der Waals surface area contributed by atoms with E-state index in [9.17, 15) is 4.79 Å². The van der Waals surface area contributed by atoms with Crippen LogP contribution in [-0.2, 0) is 0 Å². The molecule has 3 aromatic rings. The minimum absolute atomic E-state index is 0.0678. The third-order valence-electron chi connectivity index (χ3n) is 3.60. The van der Waals surface area contributed by atoms with Crippen LogP contribution in [0.4, 0.5) is 0 Å². The molecular weight excluding hydrogens is 379 g/mol. The monoisotopic (exact) mass is 390 g/mol. The summed E-state index contributed by atoms with van der Waals surface area (Å²) in [6.45, 7) is 0. The first-order chi connectivity index (χ1) is 10.2. The maximum atomic E-state index is 12.1. The van der Waals surface area contributed by atoms with Crippen LogP contribution in [0.1, 0.15) is 24.5 Å². The van der Waals surface area contributed by atoms with Crippen LogP contribution in [0, 0.1) is 3.57 Å². The summed E-state index contributed by atoms with van der Waals surface area (Å²) >= 11 is 2.08. The van der Waals surface area contributed by atoms with Crippen LogP contribution >= 0.6 is 22.6 Å². The molecule has 0 unspecified atom stereocenters. The second-order valence-electron chi connectivity index (χ2n) is 5.15. The molecule has 0 saturated heterocycles. The van der Waals surface area contributed by atoms with Gasteiger partial charge in [-0.2, -0.15) is 0 Å². The third-order valence-corrected chi connectivity index (χ3v) is 4.64. The van der Waals surface area contributed by atoms with Crippen molar-refractivity contribution < 1.29 is 0 Å². The first kappa shape index (κ1) is 12.9. The minimum Gasteiger partial charge on any atom is -0.306 e. The van der Waals surface area contributed by atoms with E-state index in [1.165, 1.54) is 0 Å². The lowest BCUT2D eigenvalue weighted by Gasteiger charge is -2.06. The molecule has 1 aliphatic rings. The second kappa shape index (κ2) is 4.87. The SMILES string of the molecule is O=c1[nH]c(-c2ccc3nccnc3c2)nc(C2CC2)c1I. The van der Waals surface area contributed by atoms with Crippen molar-refractivity contribution in [2.24, 2.45) is 0 Å². The van der Waals surface area contributed by atoms with Gasteiger partial charge in [-0.3, -0.25) is 14.8 Å². The van der Waals surface area contributed by atoms with E-state index < -0.39 is 0 Å². The quantitative estimate of drug-likeness (QED) is 0.684. The average Bonchev–Trinajstić information content (AvgIpc) is 3.34. The molecule has 1 aromatic carbocycles. The van der Waals surface area contributed by atoms with Crippen LogP contribution in [0.15, 0.2) is 35.4 Å². The van der Waals surface area contributed by atoms with E-state index in [-0.39, 0.29) is 5.56 Å². The number of H-pyrrole nitrogens is 1. The Labute approximate surface area is 134 Å². The molecule has 4 rings (SSSR count). The van der Waals surface area contributed by atoms with Gasteiger partial charge in [0, 0.05) is 23.9 Å². The van der Waals surface area contributed by atoms with Gasteiger partial charge >= 0.3 is 0 Å². The van der Waals surface area contributed by atoms with Crippen molar-refractivity contribution in [3.05, 3.63) is 50.2 Å². The first-order valence-electron chi connectivity index (χ1n) is 6.73. The lowest BCUT2D eigenvalue weighted by molar-refractivity contribution is 0.958. The van der Waals surface area contributed by atoms with Gasteiger partial charge in [-0.25, -0.2) is 4.98 Å². The number of aromatic amines is 1. The summed E-state index contributed by atoms with van der Waals surface area (Å²) in [5.74, 6) is 1.05.